The van der Waals surface area contributed by atoms with Crippen molar-refractivity contribution in [3.05, 3.63) is 52.3 Å². The molecule has 2 aromatic carbocycles. The number of aryl methyl sites for hydroxylation is 1. The first-order chi connectivity index (χ1) is 9.29. The van der Waals surface area contributed by atoms with Gasteiger partial charge >= 0.3 is 0 Å². The van der Waals surface area contributed by atoms with E-state index in [0.717, 1.165) is 11.6 Å². The quantitative estimate of drug-likeness (QED) is 0.827. The van der Waals surface area contributed by atoms with Gasteiger partial charge in [0, 0.05) is 4.47 Å². The van der Waals surface area contributed by atoms with Gasteiger partial charge in [0.2, 0.25) is 0 Å². The summed E-state index contributed by atoms with van der Waals surface area (Å²) in [6.45, 7) is 1.80. The van der Waals surface area contributed by atoms with Crippen LogP contribution in [0.3, 0.4) is 0 Å². The van der Waals surface area contributed by atoms with Crippen molar-refractivity contribution in [2.45, 2.75) is 11.8 Å². The highest BCUT2D eigenvalue weighted by Gasteiger charge is 2.20. The van der Waals surface area contributed by atoms with Crippen LogP contribution in [0.4, 0.5) is 15.8 Å². The lowest BCUT2D eigenvalue weighted by atomic mass is 10.2. The summed E-state index contributed by atoms with van der Waals surface area (Å²) in [5.41, 5.74) is 7.05. The summed E-state index contributed by atoms with van der Waals surface area (Å²) in [5, 5.41) is 0. The maximum absolute atomic E-state index is 13.7. The van der Waals surface area contributed by atoms with Crippen LogP contribution in [0.15, 0.2) is 45.8 Å². The predicted molar refractivity (Wildman–Crippen MR) is 80.5 cm³/mol. The molecule has 0 heterocycles. The summed E-state index contributed by atoms with van der Waals surface area (Å²) in [6.07, 6.45) is 0. The SMILES string of the molecule is Cc1ccc(N)c(NS(=O)(=O)c2ccc(Br)cc2F)c1. The summed E-state index contributed by atoms with van der Waals surface area (Å²) in [7, 11) is -4.03. The van der Waals surface area contributed by atoms with Gasteiger partial charge in [-0.05, 0) is 42.8 Å². The summed E-state index contributed by atoms with van der Waals surface area (Å²) >= 11 is 3.08. The smallest absolute Gasteiger partial charge is 0.264 e. The summed E-state index contributed by atoms with van der Waals surface area (Å²) < 4.78 is 40.9. The van der Waals surface area contributed by atoms with E-state index in [-0.39, 0.29) is 11.4 Å². The van der Waals surface area contributed by atoms with E-state index in [0.29, 0.717) is 4.47 Å². The molecule has 7 heteroatoms. The molecule has 0 unspecified atom stereocenters. The Kier molecular flexibility index (Phi) is 4.01. The molecule has 0 aliphatic heterocycles. The average molecular weight is 359 g/mol. The van der Waals surface area contributed by atoms with Crippen LogP contribution >= 0.6 is 15.9 Å². The Hall–Kier alpha value is -1.60. The number of anilines is 2. The van der Waals surface area contributed by atoms with Crippen LogP contribution < -0.4 is 10.5 Å². The molecule has 2 rings (SSSR count). The van der Waals surface area contributed by atoms with Crippen molar-refractivity contribution in [3.63, 3.8) is 0 Å². The van der Waals surface area contributed by atoms with Gasteiger partial charge in [-0.1, -0.05) is 22.0 Å². The van der Waals surface area contributed by atoms with E-state index in [1.165, 1.54) is 12.1 Å². The summed E-state index contributed by atoms with van der Waals surface area (Å²) in [6, 6.07) is 8.67. The molecule has 0 radical (unpaired) electrons. The molecule has 4 nitrogen and oxygen atoms in total. The Labute approximate surface area is 125 Å². The van der Waals surface area contributed by atoms with Gasteiger partial charge in [0.1, 0.15) is 10.7 Å². The number of rotatable bonds is 3. The summed E-state index contributed by atoms with van der Waals surface area (Å²) in [5.74, 6) is -0.835. The second kappa shape index (κ2) is 5.41. The van der Waals surface area contributed by atoms with Crippen LogP contribution in [-0.2, 0) is 10.0 Å². The molecule has 0 saturated carbocycles. The Bertz CT molecular complexity index is 763. The topological polar surface area (TPSA) is 72.2 Å². The lowest BCUT2D eigenvalue weighted by Gasteiger charge is -2.11. The standard InChI is InChI=1S/C13H12BrFN2O2S/c1-8-2-4-11(16)12(6-8)17-20(18,19)13-5-3-9(14)7-10(13)15/h2-7,17H,16H2,1H3. The third kappa shape index (κ3) is 3.10. The van der Waals surface area contributed by atoms with Crippen molar-refractivity contribution in [3.8, 4) is 0 Å². The number of sulfonamides is 1. The fourth-order valence-corrected chi connectivity index (χ4v) is 3.12. The van der Waals surface area contributed by atoms with Gasteiger partial charge in [-0.25, -0.2) is 12.8 Å². The van der Waals surface area contributed by atoms with Crippen molar-refractivity contribution < 1.29 is 12.8 Å². The van der Waals surface area contributed by atoms with Crippen molar-refractivity contribution in [1.29, 1.82) is 0 Å². The number of hydrogen-bond acceptors (Lipinski definition) is 3. The van der Waals surface area contributed by atoms with E-state index in [4.69, 9.17) is 5.73 Å². The molecule has 0 saturated heterocycles. The van der Waals surface area contributed by atoms with Crippen LogP contribution in [-0.4, -0.2) is 8.42 Å². The Morgan fingerprint density at radius 3 is 2.55 bits per heavy atom. The van der Waals surface area contributed by atoms with Crippen LogP contribution in [0, 0.1) is 12.7 Å². The van der Waals surface area contributed by atoms with E-state index in [2.05, 4.69) is 20.7 Å². The van der Waals surface area contributed by atoms with Crippen molar-refractivity contribution in [1.82, 2.24) is 0 Å². The van der Waals surface area contributed by atoms with Gasteiger partial charge in [0.15, 0.2) is 0 Å². The van der Waals surface area contributed by atoms with E-state index in [1.807, 2.05) is 0 Å². The predicted octanol–water partition coefficient (Wildman–Crippen LogP) is 3.28. The number of nitrogen functional groups attached to an aromatic ring is 1. The zero-order valence-corrected chi connectivity index (χ0v) is 12.9. The molecular weight excluding hydrogens is 347 g/mol. The minimum absolute atomic E-state index is 0.229. The summed E-state index contributed by atoms with van der Waals surface area (Å²) in [4.78, 5) is -0.429. The Morgan fingerprint density at radius 1 is 1.20 bits per heavy atom. The third-order valence-corrected chi connectivity index (χ3v) is 4.53. The highest BCUT2D eigenvalue weighted by molar-refractivity contribution is 9.10. The fraction of sp³-hybridized carbons (Fsp3) is 0.0769. The minimum Gasteiger partial charge on any atom is -0.397 e. The van der Waals surface area contributed by atoms with Crippen LogP contribution in [0.2, 0.25) is 0 Å². The van der Waals surface area contributed by atoms with Gasteiger partial charge in [-0.2, -0.15) is 0 Å². The molecule has 0 spiro atoms. The van der Waals surface area contributed by atoms with Crippen LogP contribution in [0.25, 0.3) is 0 Å². The molecule has 0 aromatic heterocycles. The average Bonchev–Trinajstić information content (AvgIpc) is 2.33. The Morgan fingerprint density at radius 2 is 1.90 bits per heavy atom. The van der Waals surface area contributed by atoms with E-state index in [9.17, 15) is 12.8 Å². The van der Waals surface area contributed by atoms with Gasteiger partial charge in [-0.3, -0.25) is 4.72 Å². The number of hydrogen-bond donors (Lipinski definition) is 2. The van der Waals surface area contributed by atoms with Gasteiger partial charge in [0.05, 0.1) is 11.4 Å². The molecule has 0 fully saturated rings. The highest BCUT2D eigenvalue weighted by atomic mass is 79.9. The van der Waals surface area contributed by atoms with E-state index in [1.54, 1.807) is 25.1 Å². The monoisotopic (exact) mass is 358 g/mol. The van der Waals surface area contributed by atoms with Crippen molar-refractivity contribution in [2.75, 3.05) is 10.5 Å². The number of halogens is 2. The van der Waals surface area contributed by atoms with Crippen molar-refractivity contribution >= 4 is 37.3 Å². The molecule has 106 valence electrons. The molecule has 20 heavy (non-hydrogen) atoms. The molecule has 0 aliphatic rings. The fourth-order valence-electron chi connectivity index (χ4n) is 1.65. The highest BCUT2D eigenvalue weighted by Crippen LogP contribution is 2.25. The molecule has 0 atom stereocenters. The zero-order valence-electron chi connectivity index (χ0n) is 10.5. The lowest BCUT2D eigenvalue weighted by Crippen LogP contribution is -2.15. The van der Waals surface area contributed by atoms with Crippen molar-refractivity contribution in [2.24, 2.45) is 0 Å². The zero-order chi connectivity index (χ0) is 14.9. The number of nitrogens with two attached hydrogens (primary N) is 1. The molecule has 0 bridgehead atoms. The molecule has 2 aromatic rings. The van der Waals surface area contributed by atoms with Gasteiger partial charge < -0.3 is 5.73 Å². The number of nitrogens with one attached hydrogen (secondary N) is 1. The third-order valence-electron chi connectivity index (χ3n) is 2.64. The number of benzene rings is 2. The first-order valence-corrected chi connectivity index (χ1v) is 7.91. The van der Waals surface area contributed by atoms with Crippen LogP contribution in [0.5, 0.6) is 0 Å². The van der Waals surface area contributed by atoms with Gasteiger partial charge in [0.25, 0.3) is 10.0 Å². The molecular formula is C13H12BrFN2O2S. The normalized spacial score (nSPS) is 11.3. The maximum atomic E-state index is 13.7. The largest absolute Gasteiger partial charge is 0.397 e. The first-order valence-electron chi connectivity index (χ1n) is 5.63. The van der Waals surface area contributed by atoms with E-state index < -0.39 is 20.7 Å². The Balaban J connectivity index is 2.43. The second-order valence-electron chi connectivity index (χ2n) is 4.27. The molecule has 0 amide bonds. The first kappa shape index (κ1) is 14.8. The van der Waals surface area contributed by atoms with Crippen LogP contribution in [0.1, 0.15) is 5.56 Å². The molecule has 3 N–H and O–H groups in total. The maximum Gasteiger partial charge on any atom is 0.264 e. The van der Waals surface area contributed by atoms with E-state index >= 15 is 0 Å². The second-order valence-corrected chi connectivity index (χ2v) is 6.84. The van der Waals surface area contributed by atoms with Gasteiger partial charge in [-0.15, -0.1) is 0 Å². The molecule has 0 aliphatic carbocycles. The minimum atomic E-state index is -4.03. The lowest BCUT2D eigenvalue weighted by molar-refractivity contribution is 0.570.